The van der Waals surface area contributed by atoms with E-state index in [4.69, 9.17) is 4.74 Å². The van der Waals surface area contributed by atoms with E-state index in [1.807, 2.05) is 20.8 Å². The fraction of sp³-hybridized carbons (Fsp3) is 0.636. The van der Waals surface area contributed by atoms with Crippen LogP contribution in [0.1, 0.15) is 20.8 Å². The maximum atomic E-state index is 12.0. The van der Waals surface area contributed by atoms with E-state index in [1.54, 1.807) is 7.05 Å². The summed E-state index contributed by atoms with van der Waals surface area (Å²) < 4.78 is 31.9. The summed E-state index contributed by atoms with van der Waals surface area (Å²) in [6.45, 7) is 6.20. The van der Waals surface area contributed by atoms with Crippen molar-refractivity contribution in [3.63, 3.8) is 0 Å². The van der Waals surface area contributed by atoms with Crippen LogP contribution in [0.2, 0.25) is 0 Å². The molecule has 2 N–H and O–H groups in total. The molecule has 0 fully saturated rings. The summed E-state index contributed by atoms with van der Waals surface area (Å²) >= 11 is 0. The molecule has 1 aromatic rings. The molecule has 1 heterocycles. The minimum atomic E-state index is -3.62. The third-order valence-corrected chi connectivity index (χ3v) is 3.74. The molecule has 0 aliphatic heterocycles. The van der Waals surface area contributed by atoms with E-state index in [2.05, 4.69) is 20.0 Å². The minimum Gasteiger partial charge on any atom is -0.375 e. The number of nitrogens with one attached hydrogen (secondary N) is 2. The van der Waals surface area contributed by atoms with E-state index in [1.165, 1.54) is 12.4 Å². The standard InChI is InChI=1S/C11H20N4O3S/c1-5-18-11(2,3)8-15-19(16,17)9-6-13-10(12-4)14-7-9/h6-7,15H,5,8H2,1-4H3,(H,12,13,14). The van der Waals surface area contributed by atoms with Crippen LogP contribution >= 0.6 is 0 Å². The van der Waals surface area contributed by atoms with Crippen LogP contribution in [-0.4, -0.2) is 44.2 Å². The molecule has 0 aliphatic rings. The van der Waals surface area contributed by atoms with Crippen molar-refractivity contribution < 1.29 is 13.2 Å². The number of ether oxygens (including phenoxy) is 1. The van der Waals surface area contributed by atoms with Gasteiger partial charge in [0.2, 0.25) is 16.0 Å². The molecule has 7 nitrogen and oxygen atoms in total. The molecule has 0 unspecified atom stereocenters. The molecule has 0 radical (unpaired) electrons. The molecule has 19 heavy (non-hydrogen) atoms. The Morgan fingerprint density at radius 2 is 1.89 bits per heavy atom. The molecule has 0 saturated carbocycles. The summed E-state index contributed by atoms with van der Waals surface area (Å²) in [5.74, 6) is 0.369. The molecule has 0 amide bonds. The lowest BCUT2D eigenvalue weighted by Crippen LogP contribution is -2.40. The van der Waals surface area contributed by atoms with Crippen LogP contribution < -0.4 is 10.0 Å². The Hall–Kier alpha value is -1.25. The molecule has 0 saturated heterocycles. The summed E-state index contributed by atoms with van der Waals surface area (Å²) in [5, 5.41) is 2.72. The van der Waals surface area contributed by atoms with Crippen molar-refractivity contribution in [3.8, 4) is 0 Å². The lowest BCUT2D eigenvalue weighted by Gasteiger charge is -2.24. The van der Waals surface area contributed by atoms with E-state index in [0.29, 0.717) is 12.6 Å². The molecule has 1 rings (SSSR count). The van der Waals surface area contributed by atoms with Gasteiger partial charge in [-0.15, -0.1) is 0 Å². The summed E-state index contributed by atoms with van der Waals surface area (Å²) in [6, 6.07) is 0. The molecule has 0 spiro atoms. The number of hydrogen-bond donors (Lipinski definition) is 2. The second-order valence-electron chi connectivity index (χ2n) is 4.51. The maximum Gasteiger partial charge on any atom is 0.243 e. The predicted octanol–water partition coefficient (Wildman–Crippen LogP) is 0.612. The molecule has 0 aliphatic carbocycles. The van der Waals surface area contributed by atoms with Crippen LogP contribution in [0.25, 0.3) is 0 Å². The molecule has 108 valence electrons. The van der Waals surface area contributed by atoms with Gasteiger partial charge in [0.05, 0.1) is 18.0 Å². The molecular weight excluding hydrogens is 268 g/mol. The number of nitrogens with zero attached hydrogens (tertiary/aromatic N) is 2. The summed E-state index contributed by atoms with van der Waals surface area (Å²) in [5.41, 5.74) is -0.562. The van der Waals surface area contributed by atoms with Crippen molar-refractivity contribution in [1.29, 1.82) is 0 Å². The van der Waals surface area contributed by atoms with Crippen LogP contribution in [0, 0.1) is 0 Å². The molecule has 0 bridgehead atoms. The quantitative estimate of drug-likeness (QED) is 0.763. The topological polar surface area (TPSA) is 93.2 Å². The zero-order chi connectivity index (χ0) is 14.5. The van der Waals surface area contributed by atoms with Gasteiger partial charge in [0, 0.05) is 20.2 Å². The summed E-state index contributed by atoms with van der Waals surface area (Å²) in [4.78, 5) is 7.77. The van der Waals surface area contributed by atoms with E-state index in [0.717, 1.165) is 0 Å². The first kappa shape index (κ1) is 15.8. The first-order valence-electron chi connectivity index (χ1n) is 5.94. The van der Waals surface area contributed by atoms with Crippen LogP contribution in [-0.2, 0) is 14.8 Å². The van der Waals surface area contributed by atoms with Crippen molar-refractivity contribution in [2.45, 2.75) is 31.3 Å². The number of aromatic nitrogens is 2. The second kappa shape index (κ2) is 6.27. The monoisotopic (exact) mass is 288 g/mol. The lowest BCUT2D eigenvalue weighted by molar-refractivity contribution is -0.00515. The first-order chi connectivity index (χ1) is 8.80. The smallest absolute Gasteiger partial charge is 0.243 e. The van der Waals surface area contributed by atoms with Gasteiger partial charge in [0.15, 0.2) is 0 Å². The molecule has 8 heteroatoms. The average Bonchev–Trinajstić information content (AvgIpc) is 2.37. The predicted molar refractivity (Wildman–Crippen MR) is 72.5 cm³/mol. The van der Waals surface area contributed by atoms with Gasteiger partial charge in [0.1, 0.15) is 4.90 Å². The van der Waals surface area contributed by atoms with Gasteiger partial charge in [-0.05, 0) is 20.8 Å². The number of anilines is 1. The van der Waals surface area contributed by atoms with Gasteiger partial charge in [-0.1, -0.05) is 0 Å². The van der Waals surface area contributed by atoms with E-state index >= 15 is 0 Å². The second-order valence-corrected chi connectivity index (χ2v) is 6.28. The van der Waals surface area contributed by atoms with Crippen LogP contribution in [0.15, 0.2) is 17.3 Å². The van der Waals surface area contributed by atoms with Gasteiger partial charge in [-0.3, -0.25) is 0 Å². The Balaban J connectivity index is 2.75. The third-order valence-electron chi connectivity index (χ3n) is 2.39. The highest BCUT2D eigenvalue weighted by atomic mass is 32.2. The van der Waals surface area contributed by atoms with E-state index in [9.17, 15) is 8.42 Å². The van der Waals surface area contributed by atoms with Gasteiger partial charge < -0.3 is 10.1 Å². The Morgan fingerprint density at radius 1 is 1.32 bits per heavy atom. The first-order valence-corrected chi connectivity index (χ1v) is 7.42. The van der Waals surface area contributed by atoms with Crippen molar-refractivity contribution in [2.75, 3.05) is 25.5 Å². The number of hydrogen-bond acceptors (Lipinski definition) is 6. The Morgan fingerprint density at radius 3 is 2.37 bits per heavy atom. The highest BCUT2D eigenvalue weighted by Gasteiger charge is 2.22. The highest BCUT2D eigenvalue weighted by molar-refractivity contribution is 7.89. The largest absolute Gasteiger partial charge is 0.375 e. The Bertz CT molecular complexity index is 499. The summed E-state index contributed by atoms with van der Waals surface area (Å²) in [6.07, 6.45) is 2.52. The molecule has 0 aromatic carbocycles. The zero-order valence-corrected chi connectivity index (χ0v) is 12.4. The molecule has 0 atom stereocenters. The van der Waals surface area contributed by atoms with Gasteiger partial charge in [0.25, 0.3) is 0 Å². The third kappa shape index (κ3) is 4.73. The van der Waals surface area contributed by atoms with Crippen molar-refractivity contribution in [1.82, 2.24) is 14.7 Å². The van der Waals surface area contributed by atoms with E-state index < -0.39 is 15.6 Å². The SMILES string of the molecule is CCOC(C)(C)CNS(=O)(=O)c1cnc(NC)nc1. The number of sulfonamides is 1. The van der Waals surface area contributed by atoms with Crippen LogP contribution in [0.5, 0.6) is 0 Å². The average molecular weight is 288 g/mol. The van der Waals surface area contributed by atoms with E-state index in [-0.39, 0.29) is 11.4 Å². The fourth-order valence-electron chi connectivity index (χ4n) is 1.38. The summed E-state index contributed by atoms with van der Waals surface area (Å²) in [7, 11) is -1.96. The van der Waals surface area contributed by atoms with Crippen molar-refractivity contribution in [2.24, 2.45) is 0 Å². The fourth-order valence-corrected chi connectivity index (χ4v) is 2.47. The zero-order valence-electron chi connectivity index (χ0n) is 11.6. The molecule has 1 aromatic heterocycles. The number of rotatable bonds is 7. The van der Waals surface area contributed by atoms with Gasteiger partial charge >= 0.3 is 0 Å². The maximum absolute atomic E-state index is 12.0. The van der Waals surface area contributed by atoms with Crippen LogP contribution in [0.4, 0.5) is 5.95 Å². The molecular formula is C11H20N4O3S. The lowest BCUT2D eigenvalue weighted by atomic mass is 10.1. The Labute approximate surface area is 113 Å². The van der Waals surface area contributed by atoms with Crippen molar-refractivity contribution in [3.05, 3.63) is 12.4 Å². The van der Waals surface area contributed by atoms with Crippen molar-refractivity contribution >= 4 is 16.0 Å². The highest BCUT2D eigenvalue weighted by Crippen LogP contribution is 2.11. The van der Waals surface area contributed by atoms with Crippen LogP contribution in [0.3, 0.4) is 0 Å². The Kier molecular flexibility index (Phi) is 5.21. The normalized spacial score (nSPS) is 12.4. The minimum absolute atomic E-state index is 0.0267. The van der Waals surface area contributed by atoms with Gasteiger partial charge in [-0.25, -0.2) is 23.1 Å². The van der Waals surface area contributed by atoms with Gasteiger partial charge in [-0.2, -0.15) is 0 Å².